The summed E-state index contributed by atoms with van der Waals surface area (Å²) < 4.78 is 5.12. The van der Waals surface area contributed by atoms with E-state index in [-0.39, 0.29) is 23.8 Å². The molecular weight excluding hydrogens is 308 g/mol. The molecule has 4 rings (SSSR count). The maximum absolute atomic E-state index is 12.9. The smallest absolute Gasteiger partial charge is 0.257 e. The van der Waals surface area contributed by atoms with Crippen LogP contribution < -0.4 is 0 Å². The number of carbonyl (C=O) groups is 2. The van der Waals surface area contributed by atoms with Crippen LogP contribution in [0.2, 0.25) is 0 Å². The number of hydrogen-bond acceptors (Lipinski definition) is 5. The molecule has 1 aromatic rings. The van der Waals surface area contributed by atoms with Crippen molar-refractivity contribution in [2.24, 2.45) is 5.92 Å². The largest absolute Gasteiger partial charge is 0.383 e. The van der Waals surface area contributed by atoms with Crippen LogP contribution in [0, 0.1) is 19.8 Å². The quantitative estimate of drug-likeness (QED) is 0.815. The summed E-state index contributed by atoms with van der Waals surface area (Å²) in [6.07, 6.45) is 3.38. The van der Waals surface area contributed by atoms with E-state index in [1.54, 1.807) is 25.1 Å². The lowest BCUT2D eigenvalue weighted by atomic mass is 9.94. The van der Waals surface area contributed by atoms with Crippen molar-refractivity contribution in [3.63, 3.8) is 0 Å². The Balaban J connectivity index is 1.81. The van der Waals surface area contributed by atoms with E-state index in [1.165, 1.54) is 0 Å². The van der Waals surface area contributed by atoms with Gasteiger partial charge >= 0.3 is 0 Å². The number of methoxy groups -OCH3 is 1. The summed E-state index contributed by atoms with van der Waals surface area (Å²) in [4.78, 5) is 37.7. The van der Waals surface area contributed by atoms with Gasteiger partial charge in [0.05, 0.1) is 23.8 Å². The fraction of sp³-hybridized carbons (Fsp3) is 0.647. The van der Waals surface area contributed by atoms with Crippen LogP contribution in [0.15, 0.2) is 6.20 Å². The Bertz CT molecular complexity index is 649. The Labute approximate surface area is 142 Å². The minimum Gasteiger partial charge on any atom is -0.383 e. The third kappa shape index (κ3) is 3.13. The van der Waals surface area contributed by atoms with Gasteiger partial charge in [-0.05, 0) is 26.7 Å². The molecule has 24 heavy (non-hydrogen) atoms. The summed E-state index contributed by atoms with van der Waals surface area (Å²) in [7, 11) is 1.64. The molecule has 0 radical (unpaired) electrons. The first kappa shape index (κ1) is 16.8. The Morgan fingerprint density at radius 1 is 1.33 bits per heavy atom. The number of aryl methyl sites for hydroxylation is 2. The lowest BCUT2D eigenvalue weighted by molar-refractivity contribution is -0.140. The number of piperidine rings is 1. The highest BCUT2D eigenvalue weighted by molar-refractivity contribution is 5.95. The molecule has 0 aliphatic carbocycles. The van der Waals surface area contributed by atoms with Crippen LogP contribution in [-0.2, 0) is 9.53 Å². The third-order valence-corrected chi connectivity index (χ3v) is 4.95. The molecule has 3 fully saturated rings. The van der Waals surface area contributed by atoms with Gasteiger partial charge in [-0.2, -0.15) is 0 Å². The molecule has 130 valence electrons. The molecule has 0 aromatic carbocycles. The highest BCUT2D eigenvalue weighted by Gasteiger charge is 2.41. The van der Waals surface area contributed by atoms with Gasteiger partial charge < -0.3 is 14.5 Å². The molecule has 0 saturated carbocycles. The predicted octanol–water partition coefficient (Wildman–Crippen LogP) is 0.803. The number of rotatable bonds is 4. The van der Waals surface area contributed by atoms with Gasteiger partial charge in [0.15, 0.2) is 0 Å². The zero-order valence-electron chi connectivity index (χ0n) is 14.5. The van der Waals surface area contributed by atoms with Crippen molar-refractivity contribution < 1.29 is 14.3 Å². The number of ether oxygens (including phenoxy) is 1. The lowest BCUT2D eigenvalue weighted by Gasteiger charge is -2.35. The monoisotopic (exact) mass is 332 g/mol. The number of carbonyl (C=O) groups excluding carboxylic acids is 2. The Morgan fingerprint density at radius 3 is 2.83 bits per heavy atom. The van der Waals surface area contributed by atoms with Crippen LogP contribution in [0.5, 0.6) is 0 Å². The van der Waals surface area contributed by atoms with Crippen molar-refractivity contribution in [3.8, 4) is 0 Å². The molecule has 3 aliphatic rings. The lowest BCUT2D eigenvalue weighted by Crippen LogP contribution is -2.49. The van der Waals surface area contributed by atoms with Crippen LogP contribution in [-0.4, -0.2) is 71.0 Å². The van der Waals surface area contributed by atoms with E-state index >= 15 is 0 Å². The highest BCUT2D eigenvalue weighted by atomic mass is 16.5. The van der Waals surface area contributed by atoms with Crippen molar-refractivity contribution in [1.82, 2.24) is 19.8 Å². The SMILES string of the molecule is COCCN1C(=O)[C@H]2CC[C@@H]1CN(C(=O)c1cnc(C)nc1C)C2. The molecule has 1 aromatic heterocycles. The summed E-state index contributed by atoms with van der Waals surface area (Å²) in [5, 5.41) is 0. The zero-order chi connectivity index (χ0) is 17.3. The molecule has 0 unspecified atom stereocenters. The molecule has 2 bridgehead atoms. The second-order valence-corrected chi connectivity index (χ2v) is 6.58. The van der Waals surface area contributed by atoms with Crippen LogP contribution in [0.1, 0.15) is 34.7 Å². The predicted molar refractivity (Wildman–Crippen MR) is 87.5 cm³/mol. The Hall–Kier alpha value is -2.02. The summed E-state index contributed by atoms with van der Waals surface area (Å²) >= 11 is 0. The van der Waals surface area contributed by atoms with Crippen molar-refractivity contribution in [2.45, 2.75) is 32.7 Å². The highest BCUT2D eigenvalue weighted by Crippen LogP contribution is 2.29. The van der Waals surface area contributed by atoms with Crippen LogP contribution in [0.25, 0.3) is 0 Å². The molecule has 4 heterocycles. The van der Waals surface area contributed by atoms with E-state index in [4.69, 9.17) is 4.74 Å². The first-order valence-corrected chi connectivity index (χ1v) is 8.40. The number of aromatic nitrogens is 2. The molecule has 0 N–H and O–H groups in total. The molecule has 2 amide bonds. The van der Waals surface area contributed by atoms with Gasteiger partial charge in [0.25, 0.3) is 5.91 Å². The van der Waals surface area contributed by atoms with Gasteiger partial charge in [-0.25, -0.2) is 9.97 Å². The van der Waals surface area contributed by atoms with Crippen LogP contribution in [0.4, 0.5) is 0 Å². The van der Waals surface area contributed by atoms with E-state index in [0.29, 0.717) is 43.3 Å². The van der Waals surface area contributed by atoms with E-state index in [0.717, 1.165) is 12.8 Å². The average Bonchev–Trinajstić information content (AvgIpc) is 2.84. The maximum atomic E-state index is 12.9. The van der Waals surface area contributed by atoms with E-state index in [1.807, 2.05) is 11.8 Å². The number of amides is 2. The van der Waals surface area contributed by atoms with Gasteiger partial charge in [-0.1, -0.05) is 0 Å². The van der Waals surface area contributed by atoms with Gasteiger partial charge in [0, 0.05) is 39.0 Å². The number of fused-ring (bicyclic) bond motifs is 4. The van der Waals surface area contributed by atoms with Gasteiger partial charge in [-0.3, -0.25) is 9.59 Å². The summed E-state index contributed by atoms with van der Waals surface area (Å²) in [6.45, 7) is 5.78. The molecular formula is C17H24N4O3. The fourth-order valence-electron chi connectivity index (χ4n) is 3.65. The fourth-order valence-corrected chi connectivity index (χ4v) is 3.65. The third-order valence-electron chi connectivity index (χ3n) is 4.95. The zero-order valence-corrected chi connectivity index (χ0v) is 14.5. The molecule has 2 atom stereocenters. The number of hydrogen-bond donors (Lipinski definition) is 0. The van der Waals surface area contributed by atoms with E-state index in [9.17, 15) is 9.59 Å². The van der Waals surface area contributed by atoms with Crippen molar-refractivity contribution in [1.29, 1.82) is 0 Å². The van der Waals surface area contributed by atoms with Gasteiger partial charge in [-0.15, -0.1) is 0 Å². The van der Waals surface area contributed by atoms with Gasteiger partial charge in [0.2, 0.25) is 5.91 Å². The van der Waals surface area contributed by atoms with Crippen molar-refractivity contribution in [2.75, 3.05) is 33.4 Å². The van der Waals surface area contributed by atoms with Crippen molar-refractivity contribution >= 4 is 11.8 Å². The molecule has 7 heteroatoms. The van der Waals surface area contributed by atoms with Crippen molar-refractivity contribution in [3.05, 3.63) is 23.3 Å². The maximum Gasteiger partial charge on any atom is 0.257 e. The first-order valence-electron chi connectivity index (χ1n) is 8.40. The molecule has 3 saturated heterocycles. The Morgan fingerprint density at radius 2 is 2.12 bits per heavy atom. The van der Waals surface area contributed by atoms with Crippen LogP contribution >= 0.6 is 0 Å². The Kier molecular flexibility index (Phi) is 4.80. The van der Waals surface area contributed by atoms with Gasteiger partial charge in [0.1, 0.15) is 5.82 Å². The minimum atomic E-state index is -0.115. The second kappa shape index (κ2) is 6.84. The second-order valence-electron chi connectivity index (χ2n) is 6.58. The number of nitrogens with zero attached hydrogens (tertiary/aromatic N) is 4. The van der Waals surface area contributed by atoms with E-state index < -0.39 is 0 Å². The summed E-state index contributed by atoms with van der Waals surface area (Å²) in [5.41, 5.74) is 1.21. The minimum absolute atomic E-state index is 0.0713. The molecule has 7 nitrogen and oxygen atoms in total. The summed E-state index contributed by atoms with van der Waals surface area (Å²) in [5.74, 6) is 0.610. The van der Waals surface area contributed by atoms with E-state index in [2.05, 4.69) is 9.97 Å². The molecule has 3 aliphatic heterocycles. The first-order chi connectivity index (χ1) is 11.5. The normalized spacial score (nSPS) is 23.5. The average molecular weight is 332 g/mol. The summed E-state index contributed by atoms with van der Waals surface area (Å²) in [6, 6.07) is 0.0713. The topological polar surface area (TPSA) is 75.6 Å². The molecule has 0 spiro atoms. The van der Waals surface area contributed by atoms with Crippen LogP contribution in [0.3, 0.4) is 0 Å². The standard InChI is InChI=1S/C17H24N4O3/c1-11-15(8-18-12(2)19-11)17(23)20-9-13-4-5-14(10-20)21(16(13)22)6-7-24-3/h8,13-14H,4-7,9-10H2,1-3H3/t13-,14+/m0/s1.